The first-order valence-electron chi connectivity index (χ1n) is 6.03. The molecule has 3 aromatic rings. The minimum atomic E-state index is 0.739. The van der Waals surface area contributed by atoms with E-state index in [1.165, 1.54) is 10.8 Å². The van der Waals surface area contributed by atoms with Crippen molar-refractivity contribution in [2.75, 3.05) is 0 Å². The minimum Gasteiger partial charge on any atom is -0.298 e. The fourth-order valence-corrected chi connectivity index (χ4v) is 3.18. The fourth-order valence-electron chi connectivity index (χ4n) is 2.37. The molecule has 0 aliphatic rings. The van der Waals surface area contributed by atoms with E-state index >= 15 is 0 Å². The average molecular weight is 358 g/mol. The minimum absolute atomic E-state index is 0.739. The van der Waals surface area contributed by atoms with Crippen LogP contribution in [0, 0.1) is 3.57 Å². The number of carbonyl (C=O) groups is 1. The number of aldehydes is 1. The summed E-state index contributed by atoms with van der Waals surface area (Å²) in [7, 11) is 0. The maximum Gasteiger partial charge on any atom is 0.150 e. The lowest BCUT2D eigenvalue weighted by molar-refractivity contribution is 0.112. The normalized spacial score (nSPS) is 10.6. The zero-order valence-corrected chi connectivity index (χ0v) is 12.3. The van der Waals surface area contributed by atoms with E-state index in [1.807, 2.05) is 36.4 Å². The lowest BCUT2D eigenvalue weighted by atomic mass is 9.95. The molecule has 0 N–H and O–H groups in total. The van der Waals surface area contributed by atoms with Crippen LogP contribution in [0.3, 0.4) is 0 Å². The number of fused-ring (bicyclic) bond motifs is 1. The molecule has 0 bridgehead atoms. The summed E-state index contributed by atoms with van der Waals surface area (Å²) in [6, 6.07) is 20.3. The molecule has 0 atom stereocenters. The standard InChI is InChI=1S/C17H11IO/c18-16-10-4-7-13(11-19)17(16)15-9-3-6-12-5-1-2-8-14(12)15/h1-11H. The molecule has 0 heterocycles. The van der Waals surface area contributed by atoms with Crippen molar-refractivity contribution >= 4 is 39.6 Å². The monoisotopic (exact) mass is 358 g/mol. The van der Waals surface area contributed by atoms with E-state index in [9.17, 15) is 4.79 Å². The topological polar surface area (TPSA) is 17.1 Å². The third kappa shape index (κ3) is 2.16. The van der Waals surface area contributed by atoms with E-state index in [0.29, 0.717) is 0 Å². The third-order valence-corrected chi connectivity index (χ3v) is 4.13. The molecule has 0 saturated heterocycles. The highest BCUT2D eigenvalue weighted by Gasteiger charge is 2.11. The Kier molecular flexibility index (Phi) is 3.34. The maximum absolute atomic E-state index is 11.3. The predicted octanol–water partition coefficient (Wildman–Crippen LogP) is 4.92. The predicted molar refractivity (Wildman–Crippen MR) is 87.5 cm³/mol. The van der Waals surface area contributed by atoms with Crippen LogP contribution >= 0.6 is 22.6 Å². The molecule has 0 spiro atoms. The first-order chi connectivity index (χ1) is 9.31. The van der Waals surface area contributed by atoms with E-state index in [-0.39, 0.29) is 0 Å². The quantitative estimate of drug-likeness (QED) is 0.469. The number of hydrogen-bond acceptors (Lipinski definition) is 1. The molecule has 0 aliphatic heterocycles. The summed E-state index contributed by atoms with van der Waals surface area (Å²) in [6.45, 7) is 0. The van der Waals surface area contributed by atoms with Gasteiger partial charge in [-0.3, -0.25) is 4.79 Å². The van der Waals surface area contributed by atoms with Crippen molar-refractivity contribution in [2.24, 2.45) is 0 Å². The van der Waals surface area contributed by atoms with Crippen molar-refractivity contribution < 1.29 is 4.79 Å². The molecule has 0 aliphatic carbocycles. The summed E-state index contributed by atoms with van der Waals surface area (Å²) in [5, 5.41) is 2.37. The summed E-state index contributed by atoms with van der Waals surface area (Å²) < 4.78 is 1.10. The van der Waals surface area contributed by atoms with Crippen molar-refractivity contribution in [3.63, 3.8) is 0 Å². The van der Waals surface area contributed by atoms with Gasteiger partial charge in [-0.15, -0.1) is 0 Å². The van der Waals surface area contributed by atoms with Crippen LogP contribution in [0.2, 0.25) is 0 Å². The number of hydrogen-bond donors (Lipinski definition) is 0. The smallest absolute Gasteiger partial charge is 0.150 e. The number of carbonyl (C=O) groups excluding carboxylic acids is 1. The van der Waals surface area contributed by atoms with Gasteiger partial charge in [0.1, 0.15) is 0 Å². The highest BCUT2D eigenvalue weighted by molar-refractivity contribution is 14.1. The molecule has 0 radical (unpaired) electrons. The van der Waals surface area contributed by atoms with Crippen molar-refractivity contribution in [1.29, 1.82) is 0 Å². The second kappa shape index (κ2) is 5.13. The van der Waals surface area contributed by atoms with Crippen LogP contribution in [-0.2, 0) is 0 Å². The molecule has 0 aromatic heterocycles. The van der Waals surface area contributed by atoms with Crippen LogP contribution in [0.5, 0.6) is 0 Å². The number of rotatable bonds is 2. The Morgan fingerprint density at radius 2 is 1.58 bits per heavy atom. The van der Waals surface area contributed by atoms with Crippen molar-refractivity contribution in [1.82, 2.24) is 0 Å². The van der Waals surface area contributed by atoms with Gasteiger partial charge in [-0.05, 0) is 45.0 Å². The van der Waals surface area contributed by atoms with Gasteiger partial charge in [0, 0.05) is 14.7 Å². The SMILES string of the molecule is O=Cc1cccc(I)c1-c1cccc2ccccc12. The largest absolute Gasteiger partial charge is 0.298 e. The van der Waals surface area contributed by atoms with Crippen molar-refractivity contribution in [3.05, 3.63) is 69.8 Å². The highest BCUT2D eigenvalue weighted by atomic mass is 127. The third-order valence-electron chi connectivity index (χ3n) is 3.23. The van der Waals surface area contributed by atoms with Crippen LogP contribution in [0.1, 0.15) is 10.4 Å². The van der Waals surface area contributed by atoms with E-state index < -0.39 is 0 Å². The Bertz CT molecular complexity index is 757. The first-order valence-corrected chi connectivity index (χ1v) is 7.11. The zero-order valence-electron chi connectivity index (χ0n) is 10.1. The molecular weight excluding hydrogens is 347 g/mol. The van der Waals surface area contributed by atoms with Crippen LogP contribution in [-0.4, -0.2) is 6.29 Å². The van der Waals surface area contributed by atoms with Crippen molar-refractivity contribution in [3.8, 4) is 11.1 Å². The molecule has 1 nitrogen and oxygen atoms in total. The van der Waals surface area contributed by atoms with Gasteiger partial charge in [0.05, 0.1) is 0 Å². The molecule has 2 heteroatoms. The van der Waals surface area contributed by atoms with Gasteiger partial charge >= 0.3 is 0 Å². The summed E-state index contributed by atoms with van der Waals surface area (Å²) in [5.74, 6) is 0. The Morgan fingerprint density at radius 3 is 2.42 bits per heavy atom. The van der Waals surface area contributed by atoms with E-state index in [1.54, 1.807) is 0 Å². The Balaban J connectivity index is 2.40. The summed E-state index contributed by atoms with van der Waals surface area (Å²) >= 11 is 2.29. The van der Waals surface area contributed by atoms with E-state index in [0.717, 1.165) is 26.5 Å². The molecule has 0 fully saturated rings. The van der Waals surface area contributed by atoms with E-state index in [2.05, 4.69) is 46.9 Å². The lowest BCUT2D eigenvalue weighted by Crippen LogP contribution is -1.92. The van der Waals surface area contributed by atoms with Gasteiger partial charge in [-0.25, -0.2) is 0 Å². The van der Waals surface area contributed by atoms with Crippen LogP contribution in [0.4, 0.5) is 0 Å². The summed E-state index contributed by atoms with van der Waals surface area (Å²) in [6.07, 6.45) is 0.930. The number of benzene rings is 3. The zero-order chi connectivity index (χ0) is 13.2. The van der Waals surface area contributed by atoms with Gasteiger partial charge in [0.2, 0.25) is 0 Å². The second-order valence-corrected chi connectivity index (χ2v) is 5.51. The highest BCUT2D eigenvalue weighted by Crippen LogP contribution is 2.33. The van der Waals surface area contributed by atoms with Crippen LogP contribution in [0.25, 0.3) is 21.9 Å². The summed E-state index contributed by atoms with van der Waals surface area (Å²) in [4.78, 5) is 11.3. The van der Waals surface area contributed by atoms with Gasteiger partial charge in [-0.2, -0.15) is 0 Å². The molecule has 0 amide bonds. The van der Waals surface area contributed by atoms with Gasteiger partial charge in [-0.1, -0.05) is 54.6 Å². The molecular formula is C17H11IO. The maximum atomic E-state index is 11.3. The molecule has 0 saturated carbocycles. The average Bonchev–Trinajstić information content (AvgIpc) is 2.46. The van der Waals surface area contributed by atoms with Gasteiger partial charge < -0.3 is 0 Å². The Hall–Kier alpha value is -1.68. The molecule has 3 aromatic carbocycles. The molecule has 3 rings (SSSR count). The van der Waals surface area contributed by atoms with Gasteiger partial charge in [0.15, 0.2) is 6.29 Å². The lowest BCUT2D eigenvalue weighted by Gasteiger charge is -2.11. The molecule has 19 heavy (non-hydrogen) atoms. The van der Waals surface area contributed by atoms with Gasteiger partial charge in [0.25, 0.3) is 0 Å². The second-order valence-electron chi connectivity index (χ2n) is 4.35. The first kappa shape index (κ1) is 12.4. The van der Waals surface area contributed by atoms with Crippen molar-refractivity contribution in [2.45, 2.75) is 0 Å². The molecule has 92 valence electrons. The number of halogens is 1. The Labute approximate surface area is 125 Å². The van der Waals surface area contributed by atoms with Crippen LogP contribution in [0.15, 0.2) is 60.7 Å². The fraction of sp³-hybridized carbons (Fsp3) is 0. The summed E-state index contributed by atoms with van der Waals surface area (Å²) in [5.41, 5.74) is 2.88. The Morgan fingerprint density at radius 1 is 0.842 bits per heavy atom. The van der Waals surface area contributed by atoms with Crippen LogP contribution < -0.4 is 0 Å². The van der Waals surface area contributed by atoms with E-state index in [4.69, 9.17) is 0 Å². The molecule has 0 unspecified atom stereocenters.